The first kappa shape index (κ1) is 45.3. The van der Waals surface area contributed by atoms with Crippen molar-refractivity contribution in [3.8, 4) is 6.07 Å². The van der Waals surface area contributed by atoms with Crippen molar-refractivity contribution in [3.05, 3.63) is 53.2 Å². The summed E-state index contributed by atoms with van der Waals surface area (Å²) in [6, 6.07) is 8.50. The molecule has 4 fully saturated rings. The first-order valence-electron chi connectivity index (χ1n) is 19.5. The van der Waals surface area contributed by atoms with Gasteiger partial charge in [-0.1, -0.05) is 0 Å². The number of nitriles is 1. The summed E-state index contributed by atoms with van der Waals surface area (Å²) < 4.78 is 47.6. The number of amides is 4. The normalized spacial score (nSPS) is 28.4. The highest BCUT2D eigenvalue weighted by atomic mass is 35.5. The highest BCUT2D eigenvalue weighted by Gasteiger charge is 2.54. The number of nitrogens with zero attached hydrogens (tertiary/aromatic N) is 6. The van der Waals surface area contributed by atoms with Crippen molar-refractivity contribution in [2.75, 3.05) is 43.0 Å². The minimum Gasteiger partial charge on any atom is -0.377 e. The van der Waals surface area contributed by atoms with Crippen LogP contribution in [0.5, 0.6) is 0 Å². The molecule has 1 saturated carbocycles. The number of thiol groups is 1. The van der Waals surface area contributed by atoms with E-state index >= 15 is 0 Å². The Kier molecular flexibility index (Phi) is 13.9. The number of halogens is 4. The average Bonchev–Trinajstić information content (AvgIpc) is 3.33. The summed E-state index contributed by atoms with van der Waals surface area (Å²) in [6.07, 6.45) is 0.460. The fraction of sp³-hybridized carbons (Fsp3) is 0.600. The van der Waals surface area contributed by atoms with E-state index in [0.29, 0.717) is 24.4 Å². The van der Waals surface area contributed by atoms with Crippen molar-refractivity contribution in [1.82, 2.24) is 25.0 Å². The predicted octanol–water partition coefficient (Wildman–Crippen LogP) is 5.09. The van der Waals surface area contributed by atoms with Gasteiger partial charge in [-0.2, -0.15) is 18.4 Å². The molecule has 2 N–H and O–H groups in total. The minimum atomic E-state index is -4.75. The van der Waals surface area contributed by atoms with Crippen LogP contribution in [0.1, 0.15) is 89.8 Å². The molecule has 3 aliphatic heterocycles. The quantitative estimate of drug-likeness (QED) is 0.218. The van der Waals surface area contributed by atoms with Gasteiger partial charge in [0.05, 0.1) is 47.4 Å². The van der Waals surface area contributed by atoms with Gasteiger partial charge in [0.1, 0.15) is 11.3 Å². The topological polar surface area (TPSA) is 151 Å². The highest BCUT2D eigenvalue weighted by Crippen LogP contribution is 2.43. The Morgan fingerprint density at radius 1 is 1.07 bits per heavy atom. The van der Waals surface area contributed by atoms with Gasteiger partial charge in [0.15, 0.2) is 0 Å². The Morgan fingerprint density at radius 3 is 2.36 bits per heavy atom. The highest BCUT2D eigenvalue weighted by molar-refractivity contribution is 7.81. The van der Waals surface area contributed by atoms with Gasteiger partial charge >= 0.3 is 6.18 Å². The fourth-order valence-corrected chi connectivity index (χ4v) is 9.62. The Hall–Kier alpha value is -3.79. The number of carbonyl (C=O) groups is 4. The third-order valence-electron chi connectivity index (χ3n) is 12.1. The summed E-state index contributed by atoms with van der Waals surface area (Å²) >= 11 is 4.76. The molecule has 13 nitrogen and oxygen atoms in total. The second-order valence-electron chi connectivity index (χ2n) is 16.4. The summed E-state index contributed by atoms with van der Waals surface area (Å²) in [5.74, 6) is -0.862. The van der Waals surface area contributed by atoms with Crippen LogP contribution in [0.2, 0.25) is 0 Å². The van der Waals surface area contributed by atoms with E-state index in [0.717, 1.165) is 57.5 Å². The zero-order valence-corrected chi connectivity index (χ0v) is 35.1. The zero-order chi connectivity index (χ0) is 41.4. The van der Waals surface area contributed by atoms with Crippen LogP contribution in [0.15, 0.2) is 36.5 Å². The molecule has 0 radical (unpaired) electrons. The number of piperidine rings is 1. The van der Waals surface area contributed by atoms with Crippen LogP contribution in [0, 0.1) is 11.3 Å². The van der Waals surface area contributed by atoms with Crippen LogP contribution in [-0.2, 0) is 35.5 Å². The molecule has 6 rings (SSSR count). The van der Waals surface area contributed by atoms with Crippen LogP contribution in [0.4, 0.5) is 24.7 Å². The number of pyridine rings is 1. The van der Waals surface area contributed by atoms with E-state index in [1.165, 1.54) is 11.0 Å². The molecule has 2 aromatic rings. The lowest BCUT2D eigenvalue weighted by atomic mass is 9.76. The maximum absolute atomic E-state index is 13.7. The number of ether oxygens (including phenoxy) is 1. The Labute approximate surface area is 348 Å². The van der Waals surface area contributed by atoms with Crippen molar-refractivity contribution in [3.63, 3.8) is 0 Å². The lowest BCUT2D eigenvalue weighted by Gasteiger charge is -2.44. The van der Waals surface area contributed by atoms with Crippen LogP contribution < -0.4 is 15.5 Å². The Bertz CT molecular complexity index is 1910. The largest absolute Gasteiger partial charge is 0.417 e. The van der Waals surface area contributed by atoms with E-state index in [9.17, 15) is 37.6 Å². The number of piperazine rings is 1. The first-order valence-corrected chi connectivity index (χ1v) is 20.0. The maximum atomic E-state index is 13.7. The van der Waals surface area contributed by atoms with Gasteiger partial charge in [0.25, 0.3) is 0 Å². The third kappa shape index (κ3) is 9.32. The van der Waals surface area contributed by atoms with Gasteiger partial charge in [-0.15, -0.1) is 25.0 Å². The number of imide groups is 1. The minimum absolute atomic E-state index is 0. The predicted molar refractivity (Wildman–Crippen MR) is 216 cm³/mol. The van der Waals surface area contributed by atoms with Gasteiger partial charge in [-0.25, -0.2) is 4.98 Å². The van der Waals surface area contributed by atoms with Gasteiger partial charge in [0, 0.05) is 56.1 Å². The Morgan fingerprint density at radius 2 is 1.74 bits per heavy atom. The van der Waals surface area contributed by atoms with Crippen LogP contribution >= 0.6 is 25.0 Å². The number of hydrogen-bond acceptors (Lipinski definition) is 11. The summed E-state index contributed by atoms with van der Waals surface area (Å²) in [5, 5.41) is 14.5. The molecule has 3 saturated heterocycles. The monoisotopic (exact) mass is 848 g/mol. The van der Waals surface area contributed by atoms with Gasteiger partial charge < -0.3 is 10.1 Å². The molecule has 4 heterocycles. The van der Waals surface area contributed by atoms with E-state index < -0.39 is 33.8 Å². The molecule has 4 aliphatic rings. The van der Waals surface area contributed by atoms with E-state index in [2.05, 4.69) is 39.3 Å². The fourth-order valence-electron chi connectivity index (χ4n) is 8.90. The second kappa shape index (κ2) is 17.8. The summed E-state index contributed by atoms with van der Waals surface area (Å²) in [4.78, 5) is 63.2. The molecular weight excluding hydrogens is 797 g/mol. The molecule has 316 valence electrons. The molecule has 0 spiro atoms. The van der Waals surface area contributed by atoms with Crippen molar-refractivity contribution in [2.45, 2.75) is 120 Å². The number of benzene rings is 1. The van der Waals surface area contributed by atoms with E-state index in [1.54, 1.807) is 45.2 Å². The summed E-state index contributed by atoms with van der Waals surface area (Å²) in [6.45, 7) is 12.5. The SMILES string of the molecule is C[C@@H]1CN(CCOC2CCC(N3C(S)N(c4ccc(C#N)c(C(F)(F)F)c4)C(=O)C3(C)C)CC2)C[C@H](C)N1CC(=O)Nc1cc([C@@]2(C)CCC(=O)NC2=O)ccn1.Cl. The van der Waals surface area contributed by atoms with Gasteiger partial charge in [-0.3, -0.25) is 44.1 Å². The standard InChI is InChI=1S/C40H51F3N8O5S.ClH/c1-24-21-48(22-25(2)49(24)23-34(53)46-32-18-27(13-15-45-32)39(5)14-12-33(52)47-35(39)54)16-17-56-30-10-8-28(9-11-30)51-37(57)50(36(55)38(51,3)4)29-7-6-26(20-44)31(19-29)40(41,42)43;/h6-7,13,15,18-19,24-25,28,30,37,57H,8-12,14,16-17,21-23H2,1-5H3,(H,45,46,53)(H,47,52,54);1H/t24-,25+,28?,30?,37?,39-;/m1./s1. The third-order valence-corrected chi connectivity index (χ3v) is 12.6. The van der Waals surface area contributed by atoms with Crippen LogP contribution in [0.25, 0.3) is 0 Å². The molecule has 1 aromatic carbocycles. The van der Waals surface area contributed by atoms with E-state index in [4.69, 9.17) is 17.4 Å². The lowest BCUT2D eigenvalue weighted by molar-refractivity contribution is -0.138. The van der Waals surface area contributed by atoms with Crippen LogP contribution in [0.3, 0.4) is 0 Å². The van der Waals surface area contributed by atoms with Crippen molar-refractivity contribution < 1.29 is 37.1 Å². The molecule has 4 amide bonds. The molecule has 1 unspecified atom stereocenters. The molecule has 1 aliphatic carbocycles. The number of hydrogen-bond donors (Lipinski definition) is 3. The van der Waals surface area contributed by atoms with Gasteiger partial charge in [-0.05, 0) is 103 Å². The number of nitrogens with one attached hydrogen (secondary N) is 2. The molecular formula is C40H52ClF3N8O5S. The Balaban J connectivity index is 0.00000641. The average molecular weight is 849 g/mol. The smallest absolute Gasteiger partial charge is 0.377 e. The summed E-state index contributed by atoms with van der Waals surface area (Å²) in [5.41, 5.74) is -3.54. The van der Waals surface area contributed by atoms with Crippen molar-refractivity contribution >= 4 is 60.2 Å². The molecule has 0 bridgehead atoms. The van der Waals surface area contributed by atoms with Gasteiger partial charge in [0.2, 0.25) is 23.6 Å². The number of rotatable bonds is 10. The van der Waals surface area contributed by atoms with Crippen LogP contribution in [-0.4, -0.2) is 111 Å². The molecule has 18 heteroatoms. The number of alkyl halides is 3. The van der Waals surface area contributed by atoms with E-state index in [-0.39, 0.29) is 78.9 Å². The molecule has 1 aromatic heterocycles. The molecule has 58 heavy (non-hydrogen) atoms. The maximum Gasteiger partial charge on any atom is 0.417 e. The van der Waals surface area contributed by atoms with Crippen molar-refractivity contribution in [2.24, 2.45) is 0 Å². The lowest BCUT2D eigenvalue weighted by Crippen LogP contribution is -2.58. The number of carbonyl (C=O) groups excluding carboxylic acids is 4. The second-order valence-corrected chi connectivity index (χ2v) is 16.9. The zero-order valence-electron chi connectivity index (χ0n) is 33.3. The number of aromatic nitrogens is 1. The van der Waals surface area contributed by atoms with Crippen molar-refractivity contribution in [1.29, 1.82) is 5.26 Å². The first-order chi connectivity index (χ1) is 26.8. The number of anilines is 2. The summed E-state index contributed by atoms with van der Waals surface area (Å²) in [7, 11) is 0. The van der Waals surface area contributed by atoms with E-state index in [1.807, 2.05) is 4.90 Å². The molecule has 4 atom stereocenters.